The molecule has 2 heterocycles. The quantitative estimate of drug-likeness (QED) is 0.224. The number of likely N-dealkylation sites (tertiary alicyclic amines) is 1. The van der Waals surface area contributed by atoms with Gasteiger partial charge in [-0.15, -0.1) is 0 Å². The molecule has 38 heavy (non-hydrogen) atoms. The number of nitrogens with one attached hydrogen (secondary N) is 2. The van der Waals surface area contributed by atoms with Gasteiger partial charge in [0.2, 0.25) is 17.7 Å². The van der Waals surface area contributed by atoms with E-state index in [4.69, 9.17) is 11.5 Å². The fourth-order valence-electron chi connectivity index (χ4n) is 5.49. The number of carboxylic acids is 1. The normalized spacial score (nSPS) is 22.1. The van der Waals surface area contributed by atoms with Gasteiger partial charge in [0.15, 0.2) is 0 Å². The van der Waals surface area contributed by atoms with E-state index in [0.717, 1.165) is 19.3 Å². The van der Waals surface area contributed by atoms with Crippen LogP contribution in [0.25, 0.3) is 0 Å². The number of aliphatic carboxylic acids is 1. The fraction of sp³-hybridized carbons (Fsp3) is 0.615. The maximum Gasteiger partial charge on any atom is 0.326 e. The van der Waals surface area contributed by atoms with Crippen molar-refractivity contribution < 1.29 is 29.1 Å². The Kier molecular flexibility index (Phi) is 10.6. The molecule has 0 radical (unpaired) electrons. The van der Waals surface area contributed by atoms with Crippen LogP contribution in [-0.4, -0.2) is 75.3 Å². The Morgan fingerprint density at radius 2 is 1.84 bits per heavy atom. The highest BCUT2D eigenvalue weighted by molar-refractivity contribution is 5.98. The standard InChI is InChI=1S/C26H38N6O6/c27-12-4-3-8-18(30-23(34)17-7-5-13-29-15-17)24(35)31-19(10-11-22(28)33)25(36)32-20-9-2-1-6-16(20)14-21(32)26(37)38/h5,7,13,15-16,18-21H,1-4,6,8-12,14,27H2,(H2,28,33)(H,30,34)(H,31,35)(H,37,38)/t16?,18-,19+,20?,21?/m0/s1. The highest BCUT2D eigenvalue weighted by Gasteiger charge is 2.49. The van der Waals surface area contributed by atoms with Crippen LogP contribution in [0.1, 0.15) is 74.6 Å². The fourth-order valence-corrected chi connectivity index (χ4v) is 5.49. The minimum absolute atomic E-state index is 0.0772. The van der Waals surface area contributed by atoms with Gasteiger partial charge in [-0.3, -0.25) is 24.2 Å². The SMILES string of the molecule is NCCCC[C@H](NC(=O)c1cccnc1)C(=O)N[C@H](CCC(N)=O)C(=O)N1C(C(=O)O)CC2CCCCC21. The number of amides is 4. The van der Waals surface area contributed by atoms with E-state index in [2.05, 4.69) is 15.6 Å². The van der Waals surface area contributed by atoms with Gasteiger partial charge in [0.05, 0.1) is 5.56 Å². The zero-order valence-corrected chi connectivity index (χ0v) is 21.5. The summed E-state index contributed by atoms with van der Waals surface area (Å²) in [5.74, 6) is -3.29. The molecule has 4 amide bonds. The lowest BCUT2D eigenvalue weighted by molar-refractivity contribution is -0.151. The largest absolute Gasteiger partial charge is 0.480 e. The third-order valence-corrected chi connectivity index (χ3v) is 7.41. The van der Waals surface area contributed by atoms with Crippen molar-refractivity contribution in [2.75, 3.05) is 6.54 Å². The Balaban J connectivity index is 1.80. The van der Waals surface area contributed by atoms with Crippen molar-refractivity contribution in [3.05, 3.63) is 30.1 Å². The third kappa shape index (κ3) is 7.50. The Bertz CT molecular complexity index is 1010. The molecule has 5 atom stereocenters. The minimum atomic E-state index is -1.16. The number of rotatable bonds is 13. The van der Waals surface area contributed by atoms with Gasteiger partial charge in [-0.2, -0.15) is 0 Å². The number of unbranched alkanes of at least 4 members (excludes halogenated alkanes) is 1. The van der Waals surface area contributed by atoms with E-state index in [9.17, 15) is 29.1 Å². The Labute approximate surface area is 221 Å². The maximum absolute atomic E-state index is 13.8. The second-order valence-electron chi connectivity index (χ2n) is 10.1. The van der Waals surface area contributed by atoms with E-state index < -0.39 is 47.7 Å². The van der Waals surface area contributed by atoms with Crippen molar-refractivity contribution in [1.29, 1.82) is 0 Å². The number of aromatic nitrogens is 1. The van der Waals surface area contributed by atoms with Crippen molar-refractivity contribution >= 4 is 29.6 Å². The second kappa shape index (κ2) is 13.8. The second-order valence-corrected chi connectivity index (χ2v) is 10.1. The van der Waals surface area contributed by atoms with Crippen LogP contribution in [0, 0.1) is 5.92 Å². The first kappa shape index (κ1) is 29.0. The zero-order valence-electron chi connectivity index (χ0n) is 21.5. The molecule has 1 saturated heterocycles. The summed E-state index contributed by atoms with van der Waals surface area (Å²) in [5.41, 5.74) is 11.2. The molecule has 1 aliphatic heterocycles. The molecule has 2 aliphatic rings. The molecule has 1 aliphatic carbocycles. The van der Waals surface area contributed by atoms with Crippen molar-refractivity contribution in [3.63, 3.8) is 0 Å². The van der Waals surface area contributed by atoms with Gasteiger partial charge in [-0.05, 0) is 69.5 Å². The first-order valence-electron chi connectivity index (χ1n) is 13.3. The first-order chi connectivity index (χ1) is 18.2. The topological polar surface area (TPSA) is 198 Å². The van der Waals surface area contributed by atoms with Gasteiger partial charge in [0, 0.05) is 24.9 Å². The summed E-state index contributed by atoms with van der Waals surface area (Å²) in [6, 6.07) is -0.190. The molecule has 3 rings (SSSR count). The Morgan fingerprint density at radius 3 is 2.50 bits per heavy atom. The van der Waals surface area contributed by atoms with Crippen LogP contribution in [0.2, 0.25) is 0 Å². The molecule has 1 aromatic rings. The van der Waals surface area contributed by atoms with Gasteiger partial charge in [0.1, 0.15) is 18.1 Å². The molecule has 12 nitrogen and oxygen atoms in total. The molecule has 0 spiro atoms. The molecular weight excluding hydrogens is 492 g/mol. The lowest BCUT2D eigenvalue weighted by Gasteiger charge is -2.35. The van der Waals surface area contributed by atoms with Crippen LogP contribution in [0.5, 0.6) is 0 Å². The highest BCUT2D eigenvalue weighted by Crippen LogP contribution is 2.40. The van der Waals surface area contributed by atoms with Gasteiger partial charge < -0.3 is 32.1 Å². The molecule has 1 saturated carbocycles. The molecule has 1 aromatic heterocycles. The van der Waals surface area contributed by atoms with Crippen LogP contribution in [-0.2, 0) is 19.2 Å². The van der Waals surface area contributed by atoms with Gasteiger partial charge >= 0.3 is 5.97 Å². The number of carbonyl (C=O) groups is 5. The Hall–Kier alpha value is -3.54. The average molecular weight is 531 g/mol. The smallest absolute Gasteiger partial charge is 0.326 e. The lowest BCUT2D eigenvalue weighted by Crippen LogP contribution is -2.57. The van der Waals surface area contributed by atoms with Crippen molar-refractivity contribution in [2.24, 2.45) is 17.4 Å². The van der Waals surface area contributed by atoms with Gasteiger partial charge in [-0.25, -0.2) is 4.79 Å². The summed E-state index contributed by atoms with van der Waals surface area (Å²) < 4.78 is 0. The molecule has 7 N–H and O–H groups in total. The van der Waals surface area contributed by atoms with E-state index in [0.29, 0.717) is 32.2 Å². The van der Waals surface area contributed by atoms with E-state index in [1.54, 1.807) is 12.1 Å². The predicted molar refractivity (Wildman–Crippen MR) is 137 cm³/mol. The summed E-state index contributed by atoms with van der Waals surface area (Å²) in [4.78, 5) is 68.9. The summed E-state index contributed by atoms with van der Waals surface area (Å²) in [5, 5.41) is 15.3. The number of fused-ring (bicyclic) bond motifs is 1. The monoisotopic (exact) mass is 530 g/mol. The van der Waals surface area contributed by atoms with Crippen LogP contribution in [0.15, 0.2) is 24.5 Å². The molecule has 12 heteroatoms. The molecule has 208 valence electrons. The summed E-state index contributed by atoms with van der Waals surface area (Å²) in [7, 11) is 0. The number of carbonyl (C=O) groups excluding carboxylic acids is 4. The third-order valence-electron chi connectivity index (χ3n) is 7.41. The van der Waals surface area contributed by atoms with Gasteiger partial charge in [-0.1, -0.05) is 12.8 Å². The molecule has 2 fully saturated rings. The average Bonchev–Trinajstić information content (AvgIpc) is 3.30. The molecule has 0 aromatic carbocycles. The number of primary amides is 1. The summed E-state index contributed by atoms with van der Waals surface area (Å²) in [6.07, 6.45) is 7.90. The van der Waals surface area contributed by atoms with Crippen molar-refractivity contribution in [2.45, 2.75) is 88.4 Å². The van der Waals surface area contributed by atoms with E-state index in [1.807, 2.05) is 0 Å². The first-order valence-corrected chi connectivity index (χ1v) is 13.3. The number of nitrogens with two attached hydrogens (primary N) is 2. The maximum atomic E-state index is 13.8. The van der Waals surface area contributed by atoms with E-state index >= 15 is 0 Å². The molecular formula is C26H38N6O6. The molecule has 0 bridgehead atoms. The number of carboxylic acid groups (broad SMARTS) is 1. The minimum Gasteiger partial charge on any atom is -0.480 e. The molecule has 3 unspecified atom stereocenters. The van der Waals surface area contributed by atoms with Crippen molar-refractivity contribution in [1.82, 2.24) is 20.5 Å². The summed E-state index contributed by atoms with van der Waals surface area (Å²) in [6.45, 7) is 0.415. The van der Waals surface area contributed by atoms with E-state index in [-0.39, 0.29) is 36.8 Å². The lowest BCUT2D eigenvalue weighted by atomic mass is 9.84. The predicted octanol–water partition coefficient (Wildman–Crippen LogP) is 0.304. The van der Waals surface area contributed by atoms with Crippen LogP contribution in [0.4, 0.5) is 0 Å². The number of pyridine rings is 1. The van der Waals surface area contributed by atoms with Crippen LogP contribution >= 0.6 is 0 Å². The van der Waals surface area contributed by atoms with Crippen LogP contribution < -0.4 is 22.1 Å². The number of nitrogens with zero attached hydrogens (tertiary/aromatic N) is 2. The number of hydrogen-bond donors (Lipinski definition) is 5. The Morgan fingerprint density at radius 1 is 1.08 bits per heavy atom. The zero-order chi connectivity index (χ0) is 27.7. The van der Waals surface area contributed by atoms with Crippen LogP contribution in [0.3, 0.4) is 0 Å². The summed E-state index contributed by atoms with van der Waals surface area (Å²) >= 11 is 0. The van der Waals surface area contributed by atoms with E-state index in [1.165, 1.54) is 17.3 Å². The van der Waals surface area contributed by atoms with Gasteiger partial charge in [0.25, 0.3) is 5.91 Å². The highest BCUT2D eigenvalue weighted by atomic mass is 16.4. The number of hydrogen-bond acceptors (Lipinski definition) is 7. The van der Waals surface area contributed by atoms with Crippen molar-refractivity contribution in [3.8, 4) is 0 Å².